The second-order valence-corrected chi connectivity index (χ2v) is 6.92. The van der Waals surface area contributed by atoms with Crippen LogP contribution in [0.1, 0.15) is 25.5 Å². The molecule has 1 aliphatic heterocycles. The van der Waals surface area contributed by atoms with Crippen molar-refractivity contribution in [3.05, 3.63) is 54.5 Å². The highest BCUT2D eigenvalue weighted by molar-refractivity contribution is 5.65. The maximum absolute atomic E-state index is 5.24. The number of nitrogens with zero attached hydrogens (tertiary/aromatic N) is 3. The fourth-order valence-corrected chi connectivity index (χ4v) is 3.70. The zero-order valence-corrected chi connectivity index (χ0v) is 15.0. The molecule has 0 spiro atoms. The highest BCUT2D eigenvalue weighted by Crippen LogP contribution is 2.23. The molecule has 0 N–H and O–H groups in total. The molecule has 0 aliphatic carbocycles. The van der Waals surface area contributed by atoms with Crippen LogP contribution in [0.4, 0.5) is 0 Å². The predicted octanol–water partition coefficient (Wildman–Crippen LogP) is 4.04. The van der Waals surface area contributed by atoms with Crippen LogP contribution in [0.5, 0.6) is 5.75 Å². The van der Waals surface area contributed by atoms with E-state index in [1.807, 2.05) is 12.1 Å². The summed E-state index contributed by atoms with van der Waals surface area (Å²) in [6, 6.07) is 13.1. The standard InChI is InChI=1S/C21H25N3O/c1-16-4-3-12-23(16)13-11-19-15-24-14-18(7-10-21(24)22-19)17-5-8-20(25-2)9-6-17/h5-10,14-16H,3-4,11-13H2,1-2H3/t16-/m1/s1. The molecule has 4 heteroatoms. The number of imidazole rings is 1. The number of fused-ring (bicyclic) bond motifs is 1. The molecule has 0 radical (unpaired) electrons. The Morgan fingerprint density at radius 2 is 1.88 bits per heavy atom. The molecule has 0 unspecified atom stereocenters. The van der Waals surface area contributed by atoms with Crippen molar-refractivity contribution in [1.82, 2.24) is 14.3 Å². The van der Waals surface area contributed by atoms with Crippen LogP contribution in [0.25, 0.3) is 16.8 Å². The predicted molar refractivity (Wildman–Crippen MR) is 101 cm³/mol. The molecule has 2 aromatic heterocycles. The molecular weight excluding hydrogens is 310 g/mol. The Labute approximate surface area is 149 Å². The second kappa shape index (κ2) is 6.89. The first-order chi connectivity index (χ1) is 12.2. The van der Waals surface area contributed by atoms with E-state index < -0.39 is 0 Å². The van der Waals surface area contributed by atoms with Gasteiger partial charge in [0.2, 0.25) is 0 Å². The van der Waals surface area contributed by atoms with Gasteiger partial charge in [0.05, 0.1) is 12.8 Å². The number of hydrogen-bond acceptors (Lipinski definition) is 3. The molecule has 4 rings (SSSR count). The van der Waals surface area contributed by atoms with Gasteiger partial charge in [0.15, 0.2) is 0 Å². The maximum atomic E-state index is 5.24. The van der Waals surface area contributed by atoms with Crippen molar-refractivity contribution in [3.8, 4) is 16.9 Å². The Kier molecular flexibility index (Phi) is 4.45. The lowest BCUT2D eigenvalue weighted by Crippen LogP contribution is -2.29. The summed E-state index contributed by atoms with van der Waals surface area (Å²) in [4.78, 5) is 7.35. The zero-order chi connectivity index (χ0) is 17.2. The van der Waals surface area contributed by atoms with Crippen LogP contribution in [-0.2, 0) is 6.42 Å². The van der Waals surface area contributed by atoms with Crippen LogP contribution in [-0.4, -0.2) is 40.5 Å². The third-order valence-corrected chi connectivity index (χ3v) is 5.27. The molecule has 1 saturated heterocycles. The van der Waals surface area contributed by atoms with Gasteiger partial charge in [0.1, 0.15) is 11.4 Å². The minimum Gasteiger partial charge on any atom is -0.497 e. The summed E-state index contributed by atoms with van der Waals surface area (Å²) in [5.74, 6) is 0.880. The van der Waals surface area contributed by atoms with Crippen molar-refractivity contribution >= 4 is 5.65 Å². The van der Waals surface area contributed by atoms with Gasteiger partial charge in [-0.15, -0.1) is 0 Å². The molecule has 0 amide bonds. The Balaban J connectivity index is 1.52. The quantitative estimate of drug-likeness (QED) is 0.705. The van der Waals surface area contributed by atoms with Gasteiger partial charge in [-0.25, -0.2) is 4.98 Å². The summed E-state index contributed by atoms with van der Waals surface area (Å²) >= 11 is 0. The molecule has 1 aromatic carbocycles. The number of ether oxygens (including phenoxy) is 1. The molecule has 3 heterocycles. The Bertz CT molecular complexity index is 853. The lowest BCUT2D eigenvalue weighted by Gasteiger charge is -2.19. The van der Waals surface area contributed by atoms with Crippen molar-refractivity contribution in [2.75, 3.05) is 20.2 Å². The van der Waals surface area contributed by atoms with Gasteiger partial charge < -0.3 is 14.0 Å². The maximum Gasteiger partial charge on any atom is 0.137 e. The average molecular weight is 335 g/mol. The van der Waals surface area contributed by atoms with E-state index in [2.05, 4.69) is 52.9 Å². The molecule has 130 valence electrons. The summed E-state index contributed by atoms with van der Waals surface area (Å²) in [7, 11) is 1.69. The van der Waals surface area contributed by atoms with Crippen LogP contribution < -0.4 is 4.74 Å². The van der Waals surface area contributed by atoms with Crippen LogP contribution >= 0.6 is 0 Å². The Hall–Kier alpha value is -2.33. The molecule has 0 saturated carbocycles. The number of pyridine rings is 1. The zero-order valence-electron chi connectivity index (χ0n) is 15.0. The largest absolute Gasteiger partial charge is 0.497 e. The lowest BCUT2D eigenvalue weighted by atomic mass is 10.1. The van der Waals surface area contributed by atoms with E-state index in [0.29, 0.717) is 0 Å². The smallest absolute Gasteiger partial charge is 0.137 e. The van der Waals surface area contributed by atoms with Crippen LogP contribution in [0, 0.1) is 0 Å². The van der Waals surface area contributed by atoms with E-state index in [-0.39, 0.29) is 0 Å². The number of benzene rings is 1. The first-order valence-corrected chi connectivity index (χ1v) is 9.09. The molecular formula is C21H25N3O. The van der Waals surface area contributed by atoms with Gasteiger partial charge in [0.25, 0.3) is 0 Å². The summed E-state index contributed by atoms with van der Waals surface area (Å²) in [5, 5.41) is 0. The van der Waals surface area contributed by atoms with Crippen molar-refractivity contribution in [2.24, 2.45) is 0 Å². The fraction of sp³-hybridized carbons (Fsp3) is 0.381. The van der Waals surface area contributed by atoms with Crippen molar-refractivity contribution in [1.29, 1.82) is 0 Å². The Morgan fingerprint density at radius 3 is 2.60 bits per heavy atom. The highest BCUT2D eigenvalue weighted by Gasteiger charge is 2.19. The number of hydrogen-bond donors (Lipinski definition) is 0. The van der Waals surface area contributed by atoms with Crippen molar-refractivity contribution in [3.63, 3.8) is 0 Å². The molecule has 1 atom stereocenters. The second-order valence-electron chi connectivity index (χ2n) is 6.92. The minimum absolute atomic E-state index is 0.721. The van der Waals surface area contributed by atoms with Gasteiger partial charge in [-0.2, -0.15) is 0 Å². The normalized spacial score (nSPS) is 18.1. The molecule has 4 nitrogen and oxygen atoms in total. The number of aromatic nitrogens is 2. The minimum atomic E-state index is 0.721. The van der Waals surface area contributed by atoms with Crippen LogP contribution in [0.15, 0.2) is 48.8 Å². The molecule has 1 fully saturated rings. The van der Waals surface area contributed by atoms with E-state index in [9.17, 15) is 0 Å². The van der Waals surface area contributed by atoms with E-state index in [0.717, 1.165) is 30.4 Å². The fourth-order valence-electron chi connectivity index (χ4n) is 3.70. The van der Waals surface area contributed by atoms with Crippen LogP contribution in [0.2, 0.25) is 0 Å². The summed E-state index contributed by atoms with van der Waals surface area (Å²) in [5.41, 5.74) is 4.56. The van der Waals surface area contributed by atoms with E-state index in [4.69, 9.17) is 9.72 Å². The number of rotatable bonds is 5. The van der Waals surface area contributed by atoms with Gasteiger partial charge in [-0.05, 0) is 61.7 Å². The van der Waals surface area contributed by atoms with Crippen LogP contribution in [0.3, 0.4) is 0 Å². The van der Waals surface area contributed by atoms with E-state index in [1.165, 1.54) is 36.2 Å². The van der Waals surface area contributed by atoms with Crippen molar-refractivity contribution < 1.29 is 4.74 Å². The number of likely N-dealkylation sites (tertiary alicyclic amines) is 1. The first kappa shape index (κ1) is 16.2. The van der Waals surface area contributed by atoms with E-state index in [1.54, 1.807) is 7.11 Å². The summed E-state index contributed by atoms with van der Waals surface area (Å²) < 4.78 is 7.38. The molecule has 3 aromatic rings. The topological polar surface area (TPSA) is 29.8 Å². The van der Waals surface area contributed by atoms with Crippen molar-refractivity contribution in [2.45, 2.75) is 32.2 Å². The first-order valence-electron chi connectivity index (χ1n) is 9.09. The SMILES string of the molecule is COc1ccc(-c2ccc3nc(CCN4CCC[C@H]4C)cn3c2)cc1. The third kappa shape index (κ3) is 3.40. The lowest BCUT2D eigenvalue weighted by molar-refractivity contribution is 0.271. The monoisotopic (exact) mass is 335 g/mol. The van der Waals surface area contributed by atoms with Gasteiger partial charge >= 0.3 is 0 Å². The molecule has 1 aliphatic rings. The summed E-state index contributed by atoms with van der Waals surface area (Å²) in [6.07, 6.45) is 8.01. The summed E-state index contributed by atoms with van der Waals surface area (Å²) in [6.45, 7) is 4.67. The molecule has 25 heavy (non-hydrogen) atoms. The van der Waals surface area contributed by atoms with Gasteiger partial charge in [-0.1, -0.05) is 12.1 Å². The van der Waals surface area contributed by atoms with Gasteiger partial charge in [-0.3, -0.25) is 0 Å². The van der Waals surface area contributed by atoms with E-state index >= 15 is 0 Å². The Morgan fingerprint density at radius 1 is 1.08 bits per heavy atom. The third-order valence-electron chi connectivity index (χ3n) is 5.27. The number of methoxy groups -OCH3 is 1. The molecule has 0 bridgehead atoms. The average Bonchev–Trinajstić information content (AvgIpc) is 3.24. The van der Waals surface area contributed by atoms with Gasteiger partial charge in [0, 0.05) is 31.4 Å². The highest BCUT2D eigenvalue weighted by atomic mass is 16.5.